The highest BCUT2D eigenvalue weighted by Gasteiger charge is 2.19. The van der Waals surface area contributed by atoms with Gasteiger partial charge in [-0.3, -0.25) is 0 Å². The molecule has 0 N–H and O–H groups in total. The van der Waals surface area contributed by atoms with E-state index >= 15 is 0 Å². The fourth-order valence-electron chi connectivity index (χ4n) is 1.91. The molecule has 0 saturated carbocycles. The molecule has 2 aromatic rings. The van der Waals surface area contributed by atoms with Crippen LogP contribution >= 0.6 is 43.5 Å². The van der Waals surface area contributed by atoms with Crippen LogP contribution in [0.1, 0.15) is 16.5 Å². The maximum atomic E-state index is 6.64. The van der Waals surface area contributed by atoms with Crippen LogP contribution in [0.5, 0.6) is 11.5 Å². The molecule has 0 heterocycles. The second-order valence-corrected chi connectivity index (χ2v) is 6.34. The second kappa shape index (κ2) is 6.83. The van der Waals surface area contributed by atoms with Crippen LogP contribution in [-0.4, -0.2) is 14.2 Å². The number of ether oxygens (including phenoxy) is 2. The van der Waals surface area contributed by atoms with Crippen molar-refractivity contribution in [3.8, 4) is 11.5 Å². The Balaban J connectivity index is 2.51. The van der Waals surface area contributed by atoms with E-state index in [1.54, 1.807) is 14.2 Å². The van der Waals surface area contributed by atoms with Gasteiger partial charge in [-0.15, -0.1) is 11.6 Å². The van der Waals surface area contributed by atoms with E-state index in [9.17, 15) is 0 Å². The van der Waals surface area contributed by atoms with Gasteiger partial charge in [-0.2, -0.15) is 0 Å². The number of alkyl halides is 1. The van der Waals surface area contributed by atoms with Crippen LogP contribution in [0.4, 0.5) is 0 Å². The highest BCUT2D eigenvalue weighted by atomic mass is 79.9. The molecule has 0 aliphatic heterocycles. The van der Waals surface area contributed by atoms with Gasteiger partial charge in [-0.25, -0.2) is 0 Å². The van der Waals surface area contributed by atoms with Crippen LogP contribution in [-0.2, 0) is 0 Å². The van der Waals surface area contributed by atoms with Gasteiger partial charge in [-0.1, -0.05) is 31.9 Å². The van der Waals surface area contributed by atoms with Crippen molar-refractivity contribution >= 4 is 43.5 Å². The van der Waals surface area contributed by atoms with Gasteiger partial charge < -0.3 is 9.47 Å². The van der Waals surface area contributed by atoms with Crippen molar-refractivity contribution in [2.24, 2.45) is 0 Å². The first-order valence-corrected chi connectivity index (χ1v) is 7.90. The summed E-state index contributed by atoms with van der Waals surface area (Å²) in [6.07, 6.45) is 0. The molecule has 0 saturated heterocycles. The molecule has 2 nitrogen and oxygen atoms in total. The standard InChI is InChI=1S/C15H13Br2ClO2/c1-19-10-4-6-14(20-2)12(8-10)15(18)11-7-9(16)3-5-13(11)17/h3-8,15H,1-2H3. The van der Waals surface area contributed by atoms with Gasteiger partial charge in [0.25, 0.3) is 0 Å². The highest BCUT2D eigenvalue weighted by Crippen LogP contribution is 2.40. The molecule has 1 atom stereocenters. The predicted octanol–water partition coefficient (Wildman–Crippen LogP) is 5.56. The van der Waals surface area contributed by atoms with Crippen molar-refractivity contribution in [3.05, 3.63) is 56.5 Å². The van der Waals surface area contributed by atoms with E-state index in [1.807, 2.05) is 36.4 Å². The lowest BCUT2D eigenvalue weighted by Gasteiger charge is -2.17. The molecule has 2 rings (SSSR count). The lowest BCUT2D eigenvalue weighted by atomic mass is 10.0. The summed E-state index contributed by atoms with van der Waals surface area (Å²) >= 11 is 13.6. The van der Waals surface area contributed by atoms with Crippen LogP contribution < -0.4 is 9.47 Å². The molecule has 0 aliphatic rings. The summed E-state index contributed by atoms with van der Waals surface area (Å²) in [6, 6.07) is 11.5. The van der Waals surface area contributed by atoms with Gasteiger partial charge in [0.05, 0.1) is 19.6 Å². The van der Waals surface area contributed by atoms with Crippen molar-refractivity contribution in [1.82, 2.24) is 0 Å². The van der Waals surface area contributed by atoms with E-state index in [0.717, 1.165) is 31.6 Å². The molecule has 106 valence electrons. The Morgan fingerprint density at radius 2 is 1.70 bits per heavy atom. The van der Waals surface area contributed by atoms with Crippen molar-refractivity contribution in [3.63, 3.8) is 0 Å². The predicted molar refractivity (Wildman–Crippen MR) is 89.1 cm³/mol. The van der Waals surface area contributed by atoms with Crippen molar-refractivity contribution < 1.29 is 9.47 Å². The van der Waals surface area contributed by atoms with E-state index in [-0.39, 0.29) is 5.38 Å². The Kier molecular flexibility index (Phi) is 5.35. The van der Waals surface area contributed by atoms with Crippen LogP contribution in [0.3, 0.4) is 0 Å². The molecule has 1 unspecified atom stereocenters. The van der Waals surface area contributed by atoms with Gasteiger partial charge in [0, 0.05) is 14.5 Å². The zero-order chi connectivity index (χ0) is 14.7. The first-order valence-electron chi connectivity index (χ1n) is 5.87. The van der Waals surface area contributed by atoms with Gasteiger partial charge in [0.15, 0.2) is 0 Å². The number of rotatable bonds is 4. The van der Waals surface area contributed by atoms with Gasteiger partial charge in [0.2, 0.25) is 0 Å². The third-order valence-corrected chi connectivity index (χ3v) is 4.63. The van der Waals surface area contributed by atoms with E-state index in [0.29, 0.717) is 0 Å². The van der Waals surface area contributed by atoms with Crippen LogP contribution in [0.15, 0.2) is 45.3 Å². The smallest absolute Gasteiger partial charge is 0.124 e. The highest BCUT2D eigenvalue weighted by molar-refractivity contribution is 9.11. The fourth-order valence-corrected chi connectivity index (χ4v) is 3.25. The molecule has 2 aromatic carbocycles. The van der Waals surface area contributed by atoms with Crippen LogP contribution in [0.25, 0.3) is 0 Å². The number of methoxy groups -OCH3 is 2. The lowest BCUT2D eigenvalue weighted by molar-refractivity contribution is 0.399. The summed E-state index contributed by atoms with van der Waals surface area (Å²) in [5, 5.41) is -0.341. The Labute approximate surface area is 140 Å². The maximum absolute atomic E-state index is 6.64. The molecular weight excluding hydrogens is 407 g/mol. The fraction of sp³-hybridized carbons (Fsp3) is 0.200. The van der Waals surface area contributed by atoms with Crippen LogP contribution in [0.2, 0.25) is 0 Å². The average Bonchev–Trinajstić information content (AvgIpc) is 2.48. The molecule has 0 radical (unpaired) electrons. The summed E-state index contributed by atoms with van der Waals surface area (Å²) in [6.45, 7) is 0. The minimum atomic E-state index is -0.341. The van der Waals surface area contributed by atoms with Gasteiger partial charge >= 0.3 is 0 Å². The number of hydrogen-bond acceptors (Lipinski definition) is 2. The molecule has 5 heteroatoms. The largest absolute Gasteiger partial charge is 0.497 e. The SMILES string of the molecule is COc1ccc(OC)c(C(Cl)c2cc(Br)ccc2Br)c1. The summed E-state index contributed by atoms with van der Waals surface area (Å²) in [4.78, 5) is 0. The van der Waals surface area contributed by atoms with Crippen molar-refractivity contribution in [2.45, 2.75) is 5.38 Å². The third-order valence-electron chi connectivity index (χ3n) is 2.94. The third kappa shape index (κ3) is 3.30. The average molecular weight is 421 g/mol. The molecule has 20 heavy (non-hydrogen) atoms. The summed E-state index contributed by atoms with van der Waals surface area (Å²) in [7, 11) is 3.26. The first-order chi connectivity index (χ1) is 9.56. The zero-order valence-corrected chi connectivity index (χ0v) is 14.9. The molecule has 0 fully saturated rings. The van der Waals surface area contributed by atoms with Crippen molar-refractivity contribution in [2.75, 3.05) is 14.2 Å². The Morgan fingerprint density at radius 1 is 0.950 bits per heavy atom. The molecule has 0 spiro atoms. The minimum absolute atomic E-state index is 0.341. The Bertz CT molecular complexity index is 617. The molecule has 0 aliphatic carbocycles. The Hall–Kier alpha value is -0.710. The van der Waals surface area contributed by atoms with E-state index in [4.69, 9.17) is 21.1 Å². The van der Waals surface area contributed by atoms with Gasteiger partial charge in [0.1, 0.15) is 11.5 Å². The second-order valence-electron chi connectivity index (χ2n) is 4.14. The van der Waals surface area contributed by atoms with Crippen LogP contribution in [0, 0.1) is 0 Å². The Morgan fingerprint density at radius 3 is 2.35 bits per heavy atom. The topological polar surface area (TPSA) is 18.5 Å². The van der Waals surface area contributed by atoms with E-state index in [1.165, 1.54) is 0 Å². The number of hydrogen-bond donors (Lipinski definition) is 0. The zero-order valence-electron chi connectivity index (χ0n) is 11.0. The molecular formula is C15H13Br2ClO2. The van der Waals surface area contributed by atoms with E-state index in [2.05, 4.69) is 31.9 Å². The monoisotopic (exact) mass is 418 g/mol. The molecule has 0 aromatic heterocycles. The maximum Gasteiger partial charge on any atom is 0.124 e. The number of halogens is 3. The van der Waals surface area contributed by atoms with Gasteiger partial charge in [-0.05, 0) is 42.0 Å². The summed E-state index contributed by atoms with van der Waals surface area (Å²) < 4.78 is 12.6. The summed E-state index contributed by atoms with van der Waals surface area (Å²) in [5.74, 6) is 1.48. The number of benzene rings is 2. The minimum Gasteiger partial charge on any atom is -0.497 e. The van der Waals surface area contributed by atoms with E-state index < -0.39 is 0 Å². The molecule has 0 amide bonds. The van der Waals surface area contributed by atoms with Crippen molar-refractivity contribution in [1.29, 1.82) is 0 Å². The quantitative estimate of drug-likeness (QED) is 0.603. The lowest BCUT2D eigenvalue weighted by Crippen LogP contribution is -1.99. The normalized spacial score (nSPS) is 12.1. The first kappa shape index (κ1) is 15.7. The summed E-state index contributed by atoms with van der Waals surface area (Å²) in [5.41, 5.74) is 1.83. The molecule has 0 bridgehead atoms.